The molecule has 23 heavy (non-hydrogen) atoms. The molecule has 0 amide bonds. The molecule has 126 valence electrons. The zero-order valence-corrected chi connectivity index (χ0v) is 14.6. The molecule has 0 bridgehead atoms. The van der Waals surface area contributed by atoms with Gasteiger partial charge in [0.15, 0.2) is 0 Å². The summed E-state index contributed by atoms with van der Waals surface area (Å²) in [5.74, 6) is 0.906. The standard InChI is InChI=1S/C17H27N5O/c1-13(2)21-12-22(14(3)4)17-11-15(7-8-16(17)21)23-10-6-5-9-19-20-18/h7-8,11,13-14H,5-6,9-10,12H2,1-4H3. The van der Waals surface area contributed by atoms with Crippen LogP contribution in [0.1, 0.15) is 40.5 Å². The predicted molar refractivity (Wildman–Crippen MR) is 95.3 cm³/mol. The summed E-state index contributed by atoms with van der Waals surface area (Å²) >= 11 is 0. The molecule has 0 saturated carbocycles. The summed E-state index contributed by atoms with van der Waals surface area (Å²) in [7, 11) is 0. The minimum absolute atomic E-state index is 0.455. The second-order valence-electron chi connectivity index (χ2n) is 6.43. The molecule has 0 atom stereocenters. The van der Waals surface area contributed by atoms with Gasteiger partial charge in [-0.15, -0.1) is 0 Å². The van der Waals surface area contributed by atoms with E-state index in [0.717, 1.165) is 25.3 Å². The highest BCUT2D eigenvalue weighted by atomic mass is 16.5. The fourth-order valence-corrected chi connectivity index (χ4v) is 2.78. The third kappa shape index (κ3) is 4.23. The summed E-state index contributed by atoms with van der Waals surface area (Å²) in [6.07, 6.45) is 1.75. The molecule has 1 heterocycles. The summed E-state index contributed by atoms with van der Waals surface area (Å²) in [5.41, 5.74) is 10.8. The molecule has 0 N–H and O–H groups in total. The van der Waals surface area contributed by atoms with E-state index in [1.807, 2.05) is 6.07 Å². The predicted octanol–water partition coefficient (Wildman–Crippen LogP) is 4.56. The Bertz CT molecular complexity index is 566. The van der Waals surface area contributed by atoms with E-state index in [1.165, 1.54) is 11.4 Å². The number of rotatable bonds is 8. The van der Waals surface area contributed by atoms with Gasteiger partial charge >= 0.3 is 0 Å². The van der Waals surface area contributed by atoms with Gasteiger partial charge in [0.25, 0.3) is 0 Å². The second-order valence-corrected chi connectivity index (χ2v) is 6.43. The molecule has 0 spiro atoms. The van der Waals surface area contributed by atoms with Crippen LogP contribution in [0.5, 0.6) is 5.75 Å². The van der Waals surface area contributed by atoms with Gasteiger partial charge in [-0.3, -0.25) is 0 Å². The lowest BCUT2D eigenvalue weighted by Gasteiger charge is -2.27. The molecular weight excluding hydrogens is 290 g/mol. The van der Waals surface area contributed by atoms with E-state index < -0.39 is 0 Å². The first kappa shape index (κ1) is 17.3. The number of benzene rings is 1. The Morgan fingerprint density at radius 1 is 1.13 bits per heavy atom. The van der Waals surface area contributed by atoms with Gasteiger partial charge in [0.05, 0.1) is 24.7 Å². The Morgan fingerprint density at radius 2 is 1.83 bits per heavy atom. The Kier molecular flexibility index (Phi) is 5.99. The summed E-state index contributed by atoms with van der Waals surface area (Å²) in [6.45, 7) is 11.0. The molecule has 6 nitrogen and oxygen atoms in total. The highest BCUT2D eigenvalue weighted by molar-refractivity contribution is 5.78. The number of anilines is 2. The van der Waals surface area contributed by atoms with Crippen LogP contribution in [-0.4, -0.2) is 31.9 Å². The van der Waals surface area contributed by atoms with Crippen molar-refractivity contribution in [1.82, 2.24) is 0 Å². The number of fused-ring (bicyclic) bond motifs is 1. The SMILES string of the molecule is CC(C)N1CN(C(C)C)c2cc(OCCCCN=[N+]=[N-])ccc21. The van der Waals surface area contributed by atoms with Crippen molar-refractivity contribution in [2.24, 2.45) is 5.11 Å². The van der Waals surface area contributed by atoms with Crippen molar-refractivity contribution >= 4 is 11.4 Å². The average Bonchev–Trinajstić information content (AvgIpc) is 2.90. The minimum Gasteiger partial charge on any atom is -0.494 e. The lowest BCUT2D eigenvalue weighted by molar-refractivity contribution is 0.308. The Labute approximate surface area is 138 Å². The van der Waals surface area contributed by atoms with Gasteiger partial charge in [0.2, 0.25) is 0 Å². The largest absolute Gasteiger partial charge is 0.494 e. The average molecular weight is 317 g/mol. The Balaban J connectivity index is 2.02. The van der Waals surface area contributed by atoms with Gasteiger partial charge in [-0.05, 0) is 58.2 Å². The maximum Gasteiger partial charge on any atom is 0.121 e. The third-order valence-electron chi connectivity index (χ3n) is 4.10. The molecule has 0 aliphatic carbocycles. The van der Waals surface area contributed by atoms with Gasteiger partial charge in [-0.2, -0.15) is 0 Å². The molecule has 1 aromatic carbocycles. The van der Waals surface area contributed by atoms with Crippen molar-refractivity contribution in [2.75, 3.05) is 29.6 Å². The number of unbranched alkanes of at least 4 members (excludes halogenated alkanes) is 1. The van der Waals surface area contributed by atoms with Gasteiger partial charge in [0.1, 0.15) is 5.75 Å². The first-order chi connectivity index (χ1) is 11.0. The molecule has 0 radical (unpaired) electrons. The normalized spacial score (nSPS) is 13.5. The van der Waals surface area contributed by atoms with Crippen LogP contribution >= 0.6 is 0 Å². The lowest BCUT2D eigenvalue weighted by atomic mass is 10.2. The summed E-state index contributed by atoms with van der Waals surface area (Å²) < 4.78 is 5.86. The molecule has 2 rings (SSSR count). The van der Waals surface area contributed by atoms with Crippen LogP contribution in [0.15, 0.2) is 23.3 Å². The fraction of sp³-hybridized carbons (Fsp3) is 0.647. The number of nitrogens with zero attached hydrogens (tertiary/aromatic N) is 5. The van der Waals surface area contributed by atoms with E-state index >= 15 is 0 Å². The summed E-state index contributed by atoms with van der Waals surface area (Å²) in [4.78, 5) is 7.57. The molecule has 0 unspecified atom stereocenters. The van der Waals surface area contributed by atoms with E-state index in [1.54, 1.807) is 0 Å². The number of ether oxygens (including phenoxy) is 1. The maximum atomic E-state index is 8.24. The van der Waals surface area contributed by atoms with E-state index in [9.17, 15) is 0 Å². The number of hydrogen-bond donors (Lipinski definition) is 0. The van der Waals surface area contributed by atoms with Crippen LogP contribution in [0, 0.1) is 0 Å². The molecule has 6 heteroatoms. The molecule has 0 aromatic heterocycles. The molecule has 0 saturated heterocycles. The first-order valence-electron chi connectivity index (χ1n) is 8.35. The van der Waals surface area contributed by atoms with E-state index in [0.29, 0.717) is 25.2 Å². The first-order valence-corrected chi connectivity index (χ1v) is 8.35. The van der Waals surface area contributed by atoms with Crippen molar-refractivity contribution in [3.05, 3.63) is 28.6 Å². The van der Waals surface area contributed by atoms with Crippen LogP contribution in [-0.2, 0) is 0 Å². The molecule has 1 aliphatic rings. The van der Waals surface area contributed by atoms with Crippen LogP contribution in [0.25, 0.3) is 10.4 Å². The zero-order chi connectivity index (χ0) is 16.8. The van der Waals surface area contributed by atoms with E-state index in [2.05, 4.69) is 59.7 Å². The molecule has 1 aromatic rings. The molecule has 1 aliphatic heterocycles. The van der Waals surface area contributed by atoms with Gasteiger partial charge in [0, 0.05) is 29.6 Å². The van der Waals surface area contributed by atoms with Crippen molar-refractivity contribution < 1.29 is 4.74 Å². The van der Waals surface area contributed by atoms with Crippen LogP contribution in [0.2, 0.25) is 0 Å². The summed E-state index contributed by atoms with van der Waals surface area (Å²) in [6, 6.07) is 7.28. The third-order valence-corrected chi connectivity index (χ3v) is 4.10. The minimum atomic E-state index is 0.455. The Hall–Kier alpha value is -2.07. The lowest BCUT2D eigenvalue weighted by Crippen LogP contribution is -2.38. The zero-order valence-electron chi connectivity index (χ0n) is 14.6. The highest BCUT2D eigenvalue weighted by Gasteiger charge is 2.29. The Morgan fingerprint density at radius 3 is 2.48 bits per heavy atom. The van der Waals surface area contributed by atoms with Crippen molar-refractivity contribution in [1.29, 1.82) is 0 Å². The highest BCUT2D eigenvalue weighted by Crippen LogP contribution is 2.40. The van der Waals surface area contributed by atoms with Gasteiger partial charge in [-0.1, -0.05) is 5.11 Å². The van der Waals surface area contributed by atoms with Crippen molar-refractivity contribution in [3.63, 3.8) is 0 Å². The quantitative estimate of drug-likeness (QED) is 0.305. The topological polar surface area (TPSA) is 64.5 Å². The van der Waals surface area contributed by atoms with Gasteiger partial charge < -0.3 is 14.5 Å². The van der Waals surface area contributed by atoms with E-state index in [4.69, 9.17) is 10.3 Å². The number of hydrogen-bond acceptors (Lipinski definition) is 4. The maximum absolute atomic E-state index is 8.24. The number of azide groups is 1. The van der Waals surface area contributed by atoms with Crippen molar-refractivity contribution in [2.45, 2.75) is 52.6 Å². The van der Waals surface area contributed by atoms with Gasteiger partial charge in [-0.25, -0.2) is 0 Å². The summed E-state index contributed by atoms with van der Waals surface area (Å²) in [5, 5.41) is 3.53. The monoisotopic (exact) mass is 317 g/mol. The van der Waals surface area contributed by atoms with Crippen LogP contribution < -0.4 is 14.5 Å². The smallest absolute Gasteiger partial charge is 0.121 e. The van der Waals surface area contributed by atoms with Crippen LogP contribution in [0.3, 0.4) is 0 Å². The molecule has 0 fully saturated rings. The van der Waals surface area contributed by atoms with Crippen LogP contribution in [0.4, 0.5) is 11.4 Å². The second kappa shape index (κ2) is 7.97. The van der Waals surface area contributed by atoms with E-state index in [-0.39, 0.29) is 0 Å². The molecular formula is C17H27N5O. The van der Waals surface area contributed by atoms with Crippen molar-refractivity contribution in [3.8, 4) is 5.75 Å². The fourth-order valence-electron chi connectivity index (χ4n) is 2.78.